The van der Waals surface area contributed by atoms with Gasteiger partial charge in [0, 0.05) is 37.4 Å². The Labute approximate surface area is 233 Å². The summed E-state index contributed by atoms with van der Waals surface area (Å²) >= 11 is 0. The molecule has 2 aliphatic rings. The summed E-state index contributed by atoms with van der Waals surface area (Å²) in [5.41, 5.74) is 0.877. The Hall–Kier alpha value is -4.19. The third-order valence-electron chi connectivity index (χ3n) is 6.86. The number of morpholine rings is 1. The normalized spacial score (nSPS) is 17.2. The molecule has 1 atom stereocenters. The van der Waals surface area contributed by atoms with Gasteiger partial charge in [0.05, 0.1) is 47.7 Å². The average Bonchev–Trinajstić information content (AvgIpc) is 3.00. The lowest BCUT2D eigenvalue weighted by atomic mass is 10.1. The molecule has 216 valence electrons. The van der Waals surface area contributed by atoms with Crippen LogP contribution < -0.4 is 24.3 Å². The first-order valence-corrected chi connectivity index (χ1v) is 13.2. The van der Waals surface area contributed by atoms with Crippen molar-refractivity contribution in [3.05, 3.63) is 42.0 Å². The zero-order valence-electron chi connectivity index (χ0n) is 23.3. The molecule has 2 aromatic carbocycles. The maximum atomic E-state index is 13.8. The molecule has 2 fully saturated rings. The van der Waals surface area contributed by atoms with Gasteiger partial charge < -0.3 is 43.7 Å². The Bertz CT molecular complexity index is 1170. The molecule has 1 unspecified atom stereocenters. The average molecular weight is 557 g/mol. The highest BCUT2D eigenvalue weighted by molar-refractivity contribution is 5.99. The van der Waals surface area contributed by atoms with Crippen LogP contribution in [0.2, 0.25) is 0 Å². The van der Waals surface area contributed by atoms with E-state index in [0.29, 0.717) is 61.6 Å². The fraction of sp³-hybridized carbons (Fsp3) is 0.464. The van der Waals surface area contributed by atoms with E-state index < -0.39 is 6.04 Å². The number of nitrogens with one attached hydrogen (secondary N) is 1. The number of benzene rings is 2. The standard InChI is InChI=1S/C28H36N4O8/c1-5-40-21-8-6-20(7-9-21)29-28(35)31-10-11-32(22(18-31)27(34)30-12-14-39-15-13-30)26(33)19-16-23(36-2)25(38-4)24(17-19)37-3/h6-9,16-17,22H,5,10-15,18H2,1-4H3,(H,29,35). The number of urea groups is 1. The van der Waals surface area contributed by atoms with Gasteiger partial charge in [-0.05, 0) is 43.3 Å². The Morgan fingerprint density at radius 2 is 1.55 bits per heavy atom. The van der Waals surface area contributed by atoms with Crippen molar-refractivity contribution in [2.24, 2.45) is 0 Å². The van der Waals surface area contributed by atoms with Crippen LogP contribution in [-0.4, -0.2) is 112 Å². The summed E-state index contributed by atoms with van der Waals surface area (Å²) in [5, 5.41) is 2.87. The van der Waals surface area contributed by atoms with E-state index in [4.69, 9.17) is 23.7 Å². The van der Waals surface area contributed by atoms with Crippen LogP contribution in [0.25, 0.3) is 0 Å². The number of carbonyl (C=O) groups excluding carboxylic acids is 3. The second kappa shape index (κ2) is 13.2. The van der Waals surface area contributed by atoms with Gasteiger partial charge in [0.25, 0.3) is 5.91 Å². The summed E-state index contributed by atoms with van der Waals surface area (Å²) in [6.45, 7) is 4.55. The number of piperazine rings is 1. The fourth-order valence-corrected chi connectivity index (χ4v) is 4.79. The zero-order valence-corrected chi connectivity index (χ0v) is 23.3. The monoisotopic (exact) mass is 556 g/mol. The third-order valence-corrected chi connectivity index (χ3v) is 6.86. The summed E-state index contributed by atoms with van der Waals surface area (Å²) in [5.74, 6) is 1.11. The number of carbonyl (C=O) groups is 3. The quantitative estimate of drug-likeness (QED) is 0.526. The molecule has 12 nitrogen and oxygen atoms in total. The highest BCUT2D eigenvalue weighted by Crippen LogP contribution is 2.38. The van der Waals surface area contributed by atoms with E-state index in [1.54, 1.807) is 46.2 Å². The number of amides is 4. The predicted octanol–water partition coefficient (Wildman–Crippen LogP) is 2.33. The topological polar surface area (TPSA) is 119 Å². The molecule has 2 heterocycles. The van der Waals surface area contributed by atoms with Crippen LogP contribution in [0.3, 0.4) is 0 Å². The Morgan fingerprint density at radius 1 is 0.900 bits per heavy atom. The van der Waals surface area contributed by atoms with Gasteiger partial charge in [0.15, 0.2) is 11.5 Å². The van der Waals surface area contributed by atoms with Gasteiger partial charge in [-0.2, -0.15) is 0 Å². The molecule has 0 aliphatic carbocycles. The van der Waals surface area contributed by atoms with Crippen LogP contribution in [0.15, 0.2) is 36.4 Å². The molecular weight excluding hydrogens is 520 g/mol. The van der Waals surface area contributed by atoms with E-state index in [9.17, 15) is 14.4 Å². The largest absolute Gasteiger partial charge is 0.494 e. The fourth-order valence-electron chi connectivity index (χ4n) is 4.79. The molecule has 0 saturated carbocycles. The first-order valence-electron chi connectivity index (χ1n) is 13.2. The lowest BCUT2D eigenvalue weighted by molar-refractivity contribution is -0.141. The summed E-state index contributed by atoms with van der Waals surface area (Å²) in [6.07, 6.45) is 0. The van der Waals surface area contributed by atoms with Gasteiger partial charge in [-0.1, -0.05) is 0 Å². The second-order valence-corrected chi connectivity index (χ2v) is 9.20. The Morgan fingerprint density at radius 3 is 2.12 bits per heavy atom. The number of anilines is 1. The molecular formula is C28H36N4O8. The van der Waals surface area contributed by atoms with Crippen molar-refractivity contribution in [2.45, 2.75) is 13.0 Å². The van der Waals surface area contributed by atoms with Crippen LogP contribution in [0.5, 0.6) is 23.0 Å². The summed E-state index contributed by atoms with van der Waals surface area (Å²) in [4.78, 5) is 45.5. The molecule has 2 aromatic rings. The summed E-state index contributed by atoms with van der Waals surface area (Å²) in [6, 6.07) is 8.94. The van der Waals surface area contributed by atoms with Gasteiger partial charge in [0.2, 0.25) is 11.7 Å². The van der Waals surface area contributed by atoms with Crippen molar-refractivity contribution in [3.8, 4) is 23.0 Å². The third kappa shape index (κ3) is 6.33. The smallest absolute Gasteiger partial charge is 0.321 e. The molecule has 0 radical (unpaired) electrons. The van der Waals surface area contributed by atoms with Crippen LogP contribution in [0.4, 0.5) is 10.5 Å². The predicted molar refractivity (Wildman–Crippen MR) is 147 cm³/mol. The number of hydrogen-bond acceptors (Lipinski definition) is 8. The maximum Gasteiger partial charge on any atom is 0.321 e. The lowest BCUT2D eigenvalue weighted by Crippen LogP contribution is -2.63. The van der Waals surface area contributed by atoms with Crippen LogP contribution >= 0.6 is 0 Å². The van der Waals surface area contributed by atoms with Crippen LogP contribution in [-0.2, 0) is 9.53 Å². The highest BCUT2D eigenvalue weighted by atomic mass is 16.5. The van der Waals surface area contributed by atoms with E-state index in [2.05, 4.69) is 5.32 Å². The molecule has 0 aromatic heterocycles. The van der Waals surface area contributed by atoms with Crippen molar-refractivity contribution in [3.63, 3.8) is 0 Å². The van der Waals surface area contributed by atoms with Gasteiger partial charge >= 0.3 is 6.03 Å². The molecule has 12 heteroatoms. The highest BCUT2D eigenvalue weighted by Gasteiger charge is 2.40. The van der Waals surface area contributed by atoms with Crippen molar-refractivity contribution in [1.82, 2.24) is 14.7 Å². The van der Waals surface area contributed by atoms with Gasteiger partial charge in [-0.15, -0.1) is 0 Å². The van der Waals surface area contributed by atoms with Crippen molar-refractivity contribution >= 4 is 23.5 Å². The van der Waals surface area contributed by atoms with E-state index in [-0.39, 0.29) is 43.0 Å². The minimum absolute atomic E-state index is 0.0369. The molecule has 2 saturated heterocycles. The number of methoxy groups -OCH3 is 3. The SMILES string of the molecule is CCOc1ccc(NC(=O)N2CCN(C(=O)c3cc(OC)c(OC)c(OC)c3)C(C(=O)N3CCOCC3)C2)cc1. The van der Waals surface area contributed by atoms with E-state index in [1.165, 1.54) is 26.2 Å². The maximum absolute atomic E-state index is 13.8. The Kier molecular flexibility index (Phi) is 9.54. The second-order valence-electron chi connectivity index (χ2n) is 9.20. The minimum atomic E-state index is -0.885. The van der Waals surface area contributed by atoms with Gasteiger partial charge in [-0.25, -0.2) is 4.79 Å². The number of hydrogen-bond donors (Lipinski definition) is 1. The zero-order chi connectivity index (χ0) is 28.6. The van der Waals surface area contributed by atoms with E-state index >= 15 is 0 Å². The van der Waals surface area contributed by atoms with Gasteiger partial charge in [-0.3, -0.25) is 9.59 Å². The molecule has 1 N–H and O–H groups in total. The molecule has 4 amide bonds. The van der Waals surface area contributed by atoms with Crippen LogP contribution in [0.1, 0.15) is 17.3 Å². The van der Waals surface area contributed by atoms with Gasteiger partial charge in [0.1, 0.15) is 11.8 Å². The molecule has 40 heavy (non-hydrogen) atoms. The molecule has 4 rings (SSSR count). The van der Waals surface area contributed by atoms with Crippen molar-refractivity contribution in [2.75, 3.05) is 79.2 Å². The first-order chi connectivity index (χ1) is 19.4. The molecule has 0 spiro atoms. The number of nitrogens with zero attached hydrogens (tertiary/aromatic N) is 3. The van der Waals surface area contributed by atoms with E-state index in [0.717, 1.165) is 0 Å². The van der Waals surface area contributed by atoms with Crippen LogP contribution in [0, 0.1) is 0 Å². The Balaban J connectivity index is 1.57. The molecule has 0 bridgehead atoms. The first kappa shape index (κ1) is 28.8. The number of rotatable bonds is 8. The molecule has 2 aliphatic heterocycles. The lowest BCUT2D eigenvalue weighted by Gasteiger charge is -2.42. The summed E-state index contributed by atoms with van der Waals surface area (Å²) in [7, 11) is 4.42. The number of ether oxygens (including phenoxy) is 5. The minimum Gasteiger partial charge on any atom is -0.494 e. The van der Waals surface area contributed by atoms with E-state index in [1.807, 2.05) is 6.92 Å². The van der Waals surface area contributed by atoms with Crippen molar-refractivity contribution < 1.29 is 38.1 Å². The summed E-state index contributed by atoms with van der Waals surface area (Å²) < 4.78 is 27.1. The van der Waals surface area contributed by atoms with Crippen molar-refractivity contribution in [1.29, 1.82) is 0 Å².